The summed E-state index contributed by atoms with van der Waals surface area (Å²) in [6.45, 7) is 0. The number of rotatable bonds is 0. The first kappa shape index (κ1) is 6.77. The molecule has 1 unspecified atom stereocenters. The van der Waals surface area contributed by atoms with Gasteiger partial charge in [-0.3, -0.25) is 5.73 Å². The number of dihydropyridines is 1. The van der Waals surface area contributed by atoms with Gasteiger partial charge in [0.2, 0.25) is 0 Å². The van der Waals surface area contributed by atoms with Crippen molar-refractivity contribution in [2.75, 3.05) is 0 Å². The third-order valence-corrected chi connectivity index (χ3v) is 1.35. The summed E-state index contributed by atoms with van der Waals surface area (Å²) < 4.78 is 11.4. The van der Waals surface area contributed by atoms with Gasteiger partial charge in [-0.1, -0.05) is 6.08 Å². The van der Waals surface area contributed by atoms with Gasteiger partial charge in [0.05, 0.1) is 0 Å². The van der Waals surface area contributed by atoms with Gasteiger partial charge in [-0.05, 0) is 28.1 Å². The standard InChI is InChI=1S/C5H6BrFN2/c6-5(8)3-1-2-4(7)9-5/h1-3,9H,8H2. The van der Waals surface area contributed by atoms with Crippen LogP contribution in [0.25, 0.3) is 0 Å². The number of allylic oxidation sites excluding steroid dienone is 2. The van der Waals surface area contributed by atoms with Crippen molar-refractivity contribution in [3.8, 4) is 0 Å². The number of alkyl halides is 1. The highest BCUT2D eigenvalue weighted by Crippen LogP contribution is 2.14. The minimum Gasteiger partial charge on any atom is -0.332 e. The molecular weight excluding hydrogens is 187 g/mol. The third-order valence-electron chi connectivity index (χ3n) is 0.892. The van der Waals surface area contributed by atoms with E-state index in [4.69, 9.17) is 5.73 Å². The Hall–Kier alpha value is -0.350. The molecule has 0 aromatic rings. The molecule has 0 radical (unpaired) electrons. The van der Waals surface area contributed by atoms with Crippen LogP contribution in [0, 0.1) is 0 Å². The molecule has 0 aliphatic carbocycles. The average Bonchev–Trinajstić information content (AvgIpc) is 1.60. The predicted molar refractivity (Wildman–Crippen MR) is 37.3 cm³/mol. The molecule has 1 rings (SSSR count). The van der Waals surface area contributed by atoms with Gasteiger partial charge < -0.3 is 5.32 Å². The van der Waals surface area contributed by atoms with Gasteiger partial charge in [-0.25, -0.2) is 0 Å². The van der Waals surface area contributed by atoms with E-state index in [2.05, 4.69) is 21.2 Å². The Kier molecular flexibility index (Phi) is 1.59. The molecule has 50 valence electrons. The molecule has 2 nitrogen and oxygen atoms in total. The lowest BCUT2D eigenvalue weighted by molar-refractivity contribution is 0.492. The van der Waals surface area contributed by atoms with E-state index in [1.807, 2.05) is 0 Å². The Morgan fingerprint density at radius 3 is 2.78 bits per heavy atom. The Bertz CT molecular complexity index is 174. The smallest absolute Gasteiger partial charge is 0.189 e. The number of hydrogen-bond donors (Lipinski definition) is 2. The summed E-state index contributed by atoms with van der Waals surface area (Å²) in [6, 6.07) is 0. The van der Waals surface area contributed by atoms with Gasteiger partial charge in [0.15, 0.2) is 10.5 Å². The fraction of sp³-hybridized carbons (Fsp3) is 0.200. The Morgan fingerprint density at radius 1 is 1.78 bits per heavy atom. The van der Waals surface area contributed by atoms with Gasteiger partial charge in [0, 0.05) is 0 Å². The van der Waals surface area contributed by atoms with Crippen LogP contribution in [0.1, 0.15) is 0 Å². The third kappa shape index (κ3) is 1.80. The van der Waals surface area contributed by atoms with Gasteiger partial charge >= 0.3 is 0 Å². The lowest BCUT2D eigenvalue weighted by Crippen LogP contribution is -2.45. The van der Waals surface area contributed by atoms with E-state index in [0.717, 1.165) is 0 Å². The summed E-state index contributed by atoms with van der Waals surface area (Å²) in [5.74, 6) is -0.433. The van der Waals surface area contributed by atoms with E-state index in [0.29, 0.717) is 0 Å². The van der Waals surface area contributed by atoms with Gasteiger partial charge in [-0.15, -0.1) is 0 Å². The molecule has 9 heavy (non-hydrogen) atoms. The molecule has 3 N–H and O–H groups in total. The highest BCUT2D eigenvalue weighted by atomic mass is 79.9. The van der Waals surface area contributed by atoms with Crippen LogP contribution < -0.4 is 11.1 Å². The quantitative estimate of drug-likeness (QED) is 0.444. The summed E-state index contributed by atoms with van der Waals surface area (Å²) in [5, 5.41) is 2.36. The first-order chi connectivity index (χ1) is 4.10. The van der Waals surface area contributed by atoms with Crippen molar-refractivity contribution in [1.82, 2.24) is 5.32 Å². The van der Waals surface area contributed by atoms with Crippen LogP contribution in [-0.2, 0) is 0 Å². The normalized spacial score (nSPS) is 33.4. The molecule has 1 heterocycles. The number of nitrogens with one attached hydrogen (secondary N) is 1. The van der Waals surface area contributed by atoms with E-state index in [9.17, 15) is 4.39 Å². The fourth-order valence-electron chi connectivity index (χ4n) is 0.539. The summed E-state index contributed by atoms with van der Waals surface area (Å²) in [6.07, 6.45) is 4.45. The lowest BCUT2D eigenvalue weighted by atomic mass is 10.3. The summed E-state index contributed by atoms with van der Waals surface area (Å²) in [5.41, 5.74) is 5.41. The number of halogens is 2. The zero-order chi connectivity index (χ0) is 6.91. The van der Waals surface area contributed by atoms with Crippen molar-refractivity contribution in [2.45, 2.75) is 4.57 Å². The van der Waals surface area contributed by atoms with Gasteiger partial charge in [0.1, 0.15) is 0 Å². The van der Waals surface area contributed by atoms with E-state index >= 15 is 0 Å². The highest BCUT2D eigenvalue weighted by molar-refractivity contribution is 9.10. The molecule has 1 aliphatic rings. The zero-order valence-corrected chi connectivity index (χ0v) is 6.15. The monoisotopic (exact) mass is 192 g/mol. The first-order valence-corrected chi connectivity index (χ1v) is 3.20. The fourth-order valence-corrected chi connectivity index (χ4v) is 0.881. The molecule has 0 aromatic heterocycles. The van der Waals surface area contributed by atoms with Crippen molar-refractivity contribution in [1.29, 1.82) is 0 Å². The topological polar surface area (TPSA) is 38.0 Å². The maximum atomic E-state index is 12.3. The summed E-state index contributed by atoms with van der Waals surface area (Å²) in [4.78, 5) is 0. The van der Waals surface area contributed by atoms with Crippen LogP contribution in [0.4, 0.5) is 4.39 Å². The second-order valence-electron chi connectivity index (χ2n) is 1.77. The second-order valence-corrected chi connectivity index (χ2v) is 3.08. The minimum absolute atomic E-state index is 0.433. The molecule has 1 atom stereocenters. The SMILES string of the molecule is NC1(Br)C=CC=C(F)N1. The maximum Gasteiger partial charge on any atom is 0.189 e. The van der Waals surface area contributed by atoms with E-state index < -0.39 is 10.5 Å². The van der Waals surface area contributed by atoms with Crippen LogP contribution in [-0.4, -0.2) is 4.57 Å². The van der Waals surface area contributed by atoms with Crippen LogP contribution in [0.5, 0.6) is 0 Å². The molecule has 0 bridgehead atoms. The Labute approximate surface area is 60.7 Å². The molecular formula is C5H6BrFN2. The summed E-state index contributed by atoms with van der Waals surface area (Å²) >= 11 is 3.03. The Morgan fingerprint density at radius 2 is 2.44 bits per heavy atom. The van der Waals surface area contributed by atoms with Crippen LogP contribution >= 0.6 is 15.9 Å². The molecule has 0 saturated carbocycles. The van der Waals surface area contributed by atoms with Crippen molar-refractivity contribution in [2.24, 2.45) is 5.73 Å². The van der Waals surface area contributed by atoms with Gasteiger partial charge in [-0.2, -0.15) is 4.39 Å². The zero-order valence-electron chi connectivity index (χ0n) is 4.57. The summed E-state index contributed by atoms with van der Waals surface area (Å²) in [7, 11) is 0. The minimum atomic E-state index is -0.911. The van der Waals surface area contributed by atoms with Crippen molar-refractivity contribution in [3.05, 3.63) is 24.2 Å². The molecule has 0 aromatic carbocycles. The number of nitrogens with two attached hydrogens (primary N) is 1. The molecule has 0 amide bonds. The van der Waals surface area contributed by atoms with Crippen molar-refractivity contribution >= 4 is 15.9 Å². The van der Waals surface area contributed by atoms with Crippen LogP contribution in [0.15, 0.2) is 24.2 Å². The van der Waals surface area contributed by atoms with E-state index in [1.54, 1.807) is 12.2 Å². The first-order valence-electron chi connectivity index (χ1n) is 2.41. The van der Waals surface area contributed by atoms with Crippen molar-refractivity contribution < 1.29 is 4.39 Å². The van der Waals surface area contributed by atoms with Crippen molar-refractivity contribution in [3.63, 3.8) is 0 Å². The number of hydrogen-bond acceptors (Lipinski definition) is 2. The molecule has 4 heteroatoms. The van der Waals surface area contributed by atoms with E-state index in [1.165, 1.54) is 6.08 Å². The molecule has 1 aliphatic heterocycles. The van der Waals surface area contributed by atoms with E-state index in [-0.39, 0.29) is 0 Å². The average molecular weight is 193 g/mol. The molecule has 0 spiro atoms. The lowest BCUT2D eigenvalue weighted by Gasteiger charge is -2.21. The highest BCUT2D eigenvalue weighted by Gasteiger charge is 2.18. The second kappa shape index (κ2) is 2.11. The van der Waals surface area contributed by atoms with Crippen LogP contribution in [0.2, 0.25) is 0 Å². The van der Waals surface area contributed by atoms with Crippen LogP contribution in [0.3, 0.4) is 0 Å². The maximum absolute atomic E-state index is 12.3. The predicted octanol–water partition coefficient (Wildman–Crippen LogP) is 0.964. The Balaban J connectivity index is 2.73. The van der Waals surface area contributed by atoms with Gasteiger partial charge in [0.25, 0.3) is 0 Å². The largest absolute Gasteiger partial charge is 0.332 e. The molecule has 0 saturated heterocycles. The molecule has 0 fully saturated rings.